The average molecular weight is 97.1 g/mol. The van der Waals surface area contributed by atoms with Gasteiger partial charge in [-0.3, -0.25) is 0 Å². The van der Waals surface area contributed by atoms with Crippen molar-refractivity contribution >= 4 is 0 Å². The molecule has 0 saturated heterocycles. The van der Waals surface area contributed by atoms with Crippen molar-refractivity contribution in [2.75, 3.05) is 0 Å². The second-order valence-corrected chi connectivity index (χ2v) is 1.84. The molecule has 0 aromatic heterocycles. The minimum absolute atomic E-state index is 0.0822. The molecule has 0 bridgehead atoms. The van der Waals surface area contributed by atoms with E-state index in [1.54, 1.807) is 0 Å². The number of aliphatic hydroxyl groups excluding tert-OH is 1. The molecule has 1 N–H and O–H groups in total. The number of hydrogen-bond acceptors (Lipinski definition) is 1. The van der Waals surface area contributed by atoms with Crippen LogP contribution in [-0.2, 0) is 0 Å². The number of rotatable bonds is 0. The number of hydrogen-bond donors (Lipinski definition) is 1. The number of allylic oxidation sites excluding steroid dienone is 1. The van der Waals surface area contributed by atoms with Gasteiger partial charge >= 0.3 is 0 Å². The van der Waals surface area contributed by atoms with E-state index in [-0.39, 0.29) is 6.10 Å². The summed E-state index contributed by atoms with van der Waals surface area (Å²) in [5, 5.41) is 8.84. The van der Waals surface area contributed by atoms with E-state index in [0.29, 0.717) is 0 Å². The predicted octanol–water partition coefficient (Wildman–Crippen LogP) is 0.891. The van der Waals surface area contributed by atoms with Crippen LogP contribution < -0.4 is 0 Å². The van der Waals surface area contributed by atoms with Gasteiger partial charge in [-0.05, 0) is 25.3 Å². The summed E-state index contributed by atoms with van der Waals surface area (Å²) in [5.41, 5.74) is 0. The molecule has 0 fully saturated rings. The maximum atomic E-state index is 8.84. The summed E-state index contributed by atoms with van der Waals surface area (Å²) in [6.07, 6.45) is 7.50. The van der Waals surface area contributed by atoms with Crippen molar-refractivity contribution in [1.82, 2.24) is 0 Å². The van der Waals surface area contributed by atoms with E-state index < -0.39 is 0 Å². The lowest BCUT2D eigenvalue weighted by atomic mass is 10.1. The van der Waals surface area contributed by atoms with Gasteiger partial charge in [-0.1, -0.05) is 6.08 Å². The summed E-state index contributed by atoms with van der Waals surface area (Å²) in [6, 6.07) is 0. The van der Waals surface area contributed by atoms with E-state index >= 15 is 0 Å². The number of aliphatic hydroxyl groups is 1. The summed E-state index contributed by atoms with van der Waals surface area (Å²) in [5.74, 6) is 0. The lowest BCUT2D eigenvalue weighted by Gasteiger charge is -2.08. The maximum Gasteiger partial charge on any atom is 0.0578 e. The van der Waals surface area contributed by atoms with Gasteiger partial charge < -0.3 is 5.11 Å². The standard InChI is InChI=1S/C6H9O/c7-6-4-2-1-3-5-6/h2,6-7H,3-5H2/t6-/m1/s1. The molecule has 1 heteroatoms. The highest BCUT2D eigenvalue weighted by Crippen LogP contribution is 2.08. The van der Waals surface area contributed by atoms with E-state index in [4.69, 9.17) is 5.11 Å². The highest BCUT2D eigenvalue weighted by Gasteiger charge is 2.02. The monoisotopic (exact) mass is 97.1 g/mol. The minimum Gasteiger partial charge on any atom is -0.393 e. The minimum atomic E-state index is -0.0822. The third kappa shape index (κ3) is 1.32. The Kier molecular flexibility index (Phi) is 1.47. The van der Waals surface area contributed by atoms with Gasteiger partial charge in [0.15, 0.2) is 0 Å². The summed E-state index contributed by atoms with van der Waals surface area (Å²) in [7, 11) is 0. The first-order valence-corrected chi connectivity index (χ1v) is 2.63. The highest BCUT2D eigenvalue weighted by molar-refractivity contribution is 4.83. The molecule has 0 heterocycles. The first-order chi connectivity index (χ1) is 3.39. The van der Waals surface area contributed by atoms with Crippen LogP contribution in [0, 0.1) is 6.08 Å². The molecule has 1 atom stereocenters. The zero-order valence-corrected chi connectivity index (χ0v) is 4.22. The molecule has 7 heavy (non-hydrogen) atoms. The lowest BCUT2D eigenvalue weighted by molar-refractivity contribution is 0.163. The molecule has 0 spiro atoms. The average Bonchev–Trinajstić information content (AvgIpc) is 1.69. The van der Waals surface area contributed by atoms with Crippen molar-refractivity contribution in [2.24, 2.45) is 0 Å². The summed E-state index contributed by atoms with van der Waals surface area (Å²) in [4.78, 5) is 0. The molecule has 0 aromatic carbocycles. The lowest BCUT2D eigenvalue weighted by Crippen LogP contribution is -2.06. The zero-order valence-electron chi connectivity index (χ0n) is 4.22. The summed E-state index contributed by atoms with van der Waals surface area (Å²) < 4.78 is 0. The van der Waals surface area contributed by atoms with Crippen LogP contribution in [0.2, 0.25) is 0 Å². The normalized spacial score (nSPS) is 30.7. The van der Waals surface area contributed by atoms with Crippen LogP contribution in [0.5, 0.6) is 0 Å². The zero-order chi connectivity index (χ0) is 5.11. The molecule has 39 valence electrons. The third-order valence-corrected chi connectivity index (χ3v) is 1.16. The molecule has 0 aliphatic heterocycles. The third-order valence-electron chi connectivity index (χ3n) is 1.16. The van der Waals surface area contributed by atoms with Gasteiger partial charge in [-0.25, -0.2) is 0 Å². The largest absolute Gasteiger partial charge is 0.393 e. The Morgan fingerprint density at radius 2 is 2.57 bits per heavy atom. The van der Waals surface area contributed by atoms with E-state index in [9.17, 15) is 0 Å². The van der Waals surface area contributed by atoms with E-state index in [2.05, 4.69) is 6.08 Å². The van der Waals surface area contributed by atoms with Crippen LogP contribution in [0.4, 0.5) is 0 Å². The van der Waals surface area contributed by atoms with Gasteiger partial charge in [-0.2, -0.15) is 0 Å². The molecule has 0 saturated carbocycles. The van der Waals surface area contributed by atoms with Crippen molar-refractivity contribution in [1.29, 1.82) is 0 Å². The van der Waals surface area contributed by atoms with Crippen LogP contribution >= 0.6 is 0 Å². The Morgan fingerprint density at radius 3 is 2.86 bits per heavy atom. The molecule has 1 rings (SSSR count). The van der Waals surface area contributed by atoms with Crippen molar-refractivity contribution in [3.8, 4) is 0 Å². The van der Waals surface area contributed by atoms with Gasteiger partial charge in [0, 0.05) is 0 Å². The molecular formula is C6H9O. The van der Waals surface area contributed by atoms with E-state index in [1.165, 1.54) is 0 Å². The second-order valence-electron chi connectivity index (χ2n) is 1.84. The molecule has 1 radical (unpaired) electrons. The first kappa shape index (κ1) is 4.85. The van der Waals surface area contributed by atoms with Crippen LogP contribution in [0.3, 0.4) is 0 Å². The SMILES string of the molecule is O[C@@H]1CC=[C]CC1. The molecule has 1 aliphatic carbocycles. The Hall–Kier alpha value is -0.300. The van der Waals surface area contributed by atoms with Crippen LogP contribution in [0.15, 0.2) is 6.08 Å². The molecule has 0 aromatic rings. The fourth-order valence-electron chi connectivity index (χ4n) is 0.689. The van der Waals surface area contributed by atoms with Crippen LogP contribution in [-0.4, -0.2) is 11.2 Å². The summed E-state index contributed by atoms with van der Waals surface area (Å²) in [6.45, 7) is 0. The Labute approximate surface area is 43.7 Å². The first-order valence-electron chi connectivity index (χ1n) is 2.63. The van der Waals surface area contributed by atoms with Gasteiger partial charge in [0.1, 0.15) is 0 Å². The highest BCUT2D eigenvalue weighted by atomic mass is 16.3. The van der Waals surface area contributed by atoms with Gasteiger partial charge in [0.2, 0.25) is 0 Å². The van der Waals surface area contributed by atoms with Crippen molar-refractivity contribution in [3.05, 3.63) is 12.2 Å². The van der Waals surface area contributed by atoms with Crippen molar-refractivity contribution < 1.29 is 5.11 Å². The van der Waals surface area contributed by atoms with E-state index in [0.717, 1.165) is 19.3 Å². The van der Waals surface area contributed by atoms with Crippen molar-refractivity contribution in [2.45, 2.75) is 25.4 Å². The van der Waals surface area contributed by atoms with Gasteiger partial charge in [-0.15, -0.1) is 0 Å². The predicted molar refractivity (Wildman–Crippen MR) is 27.7 cm³/mol. The Balaban J connectivity index is 2.32. The Bertz CT molecular complexity index is 76.2. The van der Waals surface area contributed by atoms with Gasteiger partial charge in [0.05, 0.1) is 6.10 Å². The van der Waals surface area contributed by atoms with Crippen molar-refractivity contribution in [3.63, 3.8) is 0 Å². The molecule has 1 aliphatic rings. The topological polar surface area (TPSA) is 20.2 Å². The van der Waals surface area contributed by atoms with E-state index in [1.807, 2.05) is 6.08 Å². The molecular weight excluding hydrogens is 88.1 g/mol. The Morgan fingerprint density at radius 1 is 1.71 bits per heavy atom. The molecule has 0 unspecified atom stereocenters. The van der Waals surface area contributed by atoms with Crippen LogP contribution in [0.25, 0.3) is 0 Å². The fraction of sp³-hybridized carbons (Fsp3) is 0.667. The molecule has 0 amide bonds. The van der Waals surface area contributed by atoms with Gasteiger partial charge in [0.25, 0.3) is 0 Å². The summed E-state index contributed by atoms with van der Waals surface area (Å²) >= 11 is 0. The quantitative estimate of drug-likeness (QED) is 0.476. The smallest absolute Gasteiger partial charge is 0.0578 e. The maximum absolute atomic E-state index is 8.84. The molecule has 1 nitrogen and oxygen atoms in total. The van der Waals surface area contributed by atoms with Crippen LogP contribution in [0.1, 0.15) is 19.3 Å². The second kappa shape index (κ2) is 2.12. The fourth-order valence-corrected chi connectivity index (χ4v) is 0.689.